The van der Waals surface area contributed by atoms with Gasteiger partial charge in [0.25, 0.3) is 0 Å². The average molecular weight is 207 g/mol. The Balaban J connectivity index is 2.06. The Morgan fingerprint density at radius 1 is 1.29 bits per heavy atom. The van der Waals surface area contributed by atoms with E-state index in [-0.39, 0.29) is 0 Å². The standard InChI is InChI=1S/C13H19S/c1-3-14-9-8-13(10-14)12-6-4-11(2)5-7-12/h4-7,13H,3,8-10H2,1-2H3/q+1. The Morgan fingerprint density at radius 2 is 2.00 bits per heavy atom. The van der Waals surface area contributed by atoms with Crippen LogP contribution in [0.2, 0.25) is 0 Å². The van der Waals surface area contributed by atoms with Crippen LogP contribution in [0.5, 0.6) is 0 Å². The lowest BCUT2D eigenvalue weighted by Crippen LogP contribution is -2.07. The van der Waals surface area contributed by atoms with Gasteiger partial charge in [-0.2, -0.15) is 0 Å². The van der Waals surface area contributed by atoms with Crippen molar-refractivity contribution in [2.75, 3.05) is 17.3 Å². The fourth-order valence-corrected chi connectivity index (χ4v) is 4.36. The molecule has 1 saturated heterocycles. The van der Waals surface area contributed by atoms with Crippen LogP contribution >= 0.6 is 0 Å². The van der Waals surface area contributed by atoms with Crippen molar-refractivity contribution >= 4 is 10.9 Å². The van der Waals surface area contributed by atoms with E-state index in [0.717, 1.165) is 16.8 Å². The molecule has 0 aliphatic carbocycles. The highest BCUT2D eigenvalue weighted by molar-refractivity contribution is 7.97. The van der Waals surface area contributed by atoms with E-state index in [0.29, 0.717) is 0 Å². The second kappa shape index (κ2) is 4.39. The number of hydrogen-bond donors (Lipinski definition) is 0. The average Bonchev–Trinajstić information content (AvgIpc) is 2.67. The fraction of sp³-hybridized carbons (Fsp3) is 0.538. The van der Waals surface area contributed by atoms with E-state index in [1.54, 1.807) is 5.56 Å². The number of hydrogen-bond acceptors (Lipinski definition) is 0. The minimum atomic E-state index is 0.730. The maximum Gasteiger partial charge on any atom is 0.115 e. The van der Waals surface area contributed by atoms with E-state index >= 15 is 0 Å². The maximum atomic E-state index is 2.33. The zero-order valence-corrected chi connectivity index (χ0v) is 9.94. The molecule has 0 nitrogen and oxygen atoms in total. The SMILES string of the molecule is CC[S+]1CCC(c2ccc(C)cc2)C1. The van der Waals surface area contributed by atoms with Gasteiger partial charge in [0.05, 0.1) is 0 Å². The van der Waals surface area contributed by atoms with Gasteiger partial charge in [0.1, 0.15) is 17.3 Å². The molecule has 0 radical (unpaired) electrons. The number of aryl methyl sites for hydroxylation is 1. The van der Waals surface area contributed by atoms with Crippen LogP contribution in [0, 0.1) is 6.92 Å². The zero-order chi connectivity index (χ0) is 9.97. The summed E-state index contributed by atoms with van der Waals surface area (Å²) >= 11 is 0. The predicted molar refractivity (Wildman–Crippen MR) is 66.2 cm³/mol. The molecule has 1 heteroatoms. The summed E-state index contributed by atoms with van der Waals surface area (Å²) in [6.07, 6.45) is 1.42. The summed E-state index contributed by atoms with van der Waals surface area (Å²) in [5, 5.41) is 0. The minimum absolute atomic E-state index is 0.730. The molecular formula is C13H19S+. The van der Waals surface area contributed by atoms with E-state index in [1.165, 1.54) is 29.2 Å². The van der Waals surface area contributed by atoms with Crippen LogP contribution in [0.3, 0.4) is 0 Å². The number of benzene rings is 1. The maximum absolute atomic E-state index is 2.33. The van der Waals surface area contributed by atoms with E-state index in [2.05, 4.69) is 38.1 Å². The van der Waals surface area contributed by atoms with Gasteiger partial charge < -0.3 is 0 Å². The molecule has 0 N–H and O–H groups in total. The molecule has 0 amide bonds. The topological polar surface area (TPSA) is 0 Å². The van der Waals surface area contributed by atoms with Crippen molar-refractivity contribution in [2.24, 2.45) is 0 Å². The van der Waals surface area contributed by atoms with Crippen molar-refractivity contribution in [1.82, 2.24) is 0 Å². The van der Waals surface area contributed by atoms with Gasteiger partial charge in [0, 0.05) is 12.3 Å². The molecule has 1 aromatic rings. The quantitative estimate of drug-likeness (QED) is 0.654. The van der Waals surface area contributed by atoms with Crippen molar-refractivity contribution in [3.05, 3.63) is 35.4 Å². The van der Waals surface area contributed by atoms with Crippen LogP contribution in [-0.2, 0) is 10.9 Å². The van der Waals surface area contributed by atoms with Crippen molar-refractivity contribution in [3.63, 3.8) is 0 Å². The van der Waals surface area contributed by atoms with Gasteiger partial charge in [-0.15, -0.1) is 0 Å². The molecule has 1 fully saturated rings. The molecule has 0 spiro atoms. The molecule has 1 aliphatic heterocycles. The van der Waals surface area contributed by atoms with Crippen LogP contribution < -0.4 is 0 Å². The molecule has 2 atom stereocenters. The summed E-state index contributed by atoms with van der Waals surface area (Å²) < 4.78 is 0. The molecule has 2 rings (SSSR count). The first-order valence-corrected chi connectivity index (χ1v) is 7.23. The molecule has 0 aromatic heterocycles. The number of rotatable bonds is 2. The highest BCUT2D eigenvalue weighted by Crippen LogP contribution is 2.29. The first-order chi connectivity index (χ1) is 6.79. The van der Waals surface area contributed by atoms with Crippen LogP contribution in [-0.4, -0.2) is 17.3 Å². The Morgan fingerprint density at radius 3 is 2.57 bits per heavy atom. The van der Waals surface area contributed by atoms with Gasteiger partial charge in [-0.1, -0.05) is 29.8 Å². The molecular weight excluding hydrogens is 188 g/mol. The van der Waals surface area contributed by atoms with Crippen molar-refractivity contribution < 1.29 is 0 Å². The molecule has 1 aliphatic rings. The first kappa shape index (κ1) is 10.1. The Labute approximate surface area is 90.1 Å². The third kappa shape index (κ3) is 2.14. The fourth-order valence-electron chi connectivity index (χ4n) is 2.12. The molecule has 0 bridgehead atoms. The summed E-state index contributed by atoms with van der Waals surface area (Å²) in [6, 6.07) is 9.14. The molecule has 0 saturated carbocycles. The Bertz CT molecular complexity index is 289. The second-order valence-corrected chi connectivity index (χ2v) is 6.71. The van der Waals surface area contributed by atoms with Crippen LogP contribution in [0.15, 0.2) is 24.3 Å². The lowest BCUT2D eigenvalue weighted by molar-refractivity contribution is 0.782. The van der Waals surface area contributed by atoms with E-state index in [4.69, 9.17) is 0 Å². The van der Waals surface area contributed by atoms with Gasteiger partial charge >= 0.3 is 0 Å². The summed E-state index contributed by atoms with van der Waals surface area (Å²) in [4.78, 5) is 0. The van der Waals surface area contributed by atoms with E-state index in [1.807, 2.05) is 0 Å². The second-order valence-electron chi connectivity index (χ2n) is 4.17. The van der Waals surface area contributed by atoms with Gasteiger partial charge in [-0.25, -0.2) is 0 Å². The van der Waals surface area contributed by atoms with Crippen LogP contribution in [0.1, 0.15) is 30.4 Å². The van der Waals surface area contributed by atoms with Gasteiger partial charge in [-0.3, -0.25) is 0 Å². The molecule has 2 unspecified atom stereocenters. The highest BCUT2D eigenvalue weighted by Gasteiger charge is 2.31. The molecule has 1 aromatic carbocycles. The first-order valence-electron chi connectivity index (χ1n) is 5.50. The van der Waals surface area contributed by atoms with E-state index in [9.17, 15) is 0 Å². The predicted octanol–water partition coefficient (Wildman–Crippen LogP) is 3.12. The molecule has 76 valence electrons. The zero-order valence-electron chi connectivity index (χ0n) is 9.12. The summed E-state index contributed by atoms with van der Waals surface area (Å²) in [7, 11) is 0.730. The summed E-state index contributed by atoms with van der Waals surface area (Å²) in [6.45, 7) is 4.50. The third-order valence-corrected chi connectivity index (χ3v) is 5.65. The minimum Gasteiger partial charge on any atom is -0.0590 e. The van der Waals surface area contributed by atoms with Crippen molar-refractivity contribution in [1.29, 1.82) is 0 Å². The summed E-state index contributed by atoms with van der Waals surface area (Å²) in [5.41, 5.74) is 2.94. The largest absolute Gasteiger partial charge is 0.115 e. The van der Waals surface area contributed by atoms with E-state index < -0.39 is 0 Å². The molecule has 14 heavy (non-hydrogen) atoms. The van der Waals surface area contributed by atoms with Crippen molar-refractivity contribution in [2.45, 2.75) is 26.2 Å². The summed E-state index contributed by atoms with van der Waals surface area (Å²) in [5.74, 6) is 5.16. The normalized spacial score (nSPS) is 26.7. The van der Waals surface area contributed by atoms with Gasteiger partial charge in [-0.05, 0) is 30.3 Å². The van der Waals surface area contributed by atoms with Crippen LogP contribution in [0.4, 0.5) is 0 Å². The van der Waals surface area contributed by atoms with Crippen molar-refractivity contribution in [3.8, 4) is 0 Å². The Hall–Kier alpha value is -0.430. The van der Waals surface area contributed by atoms with Crippen LogP contribution in [0.25, 0.3) is 0 Å². The Kier molecular flexibility index (Phi) is 3.17. The smallest absolute Gasteiger partial charge is 0.0590 e. The van der Waals surface area contributed by atoms with Gasteiger partial charge in [0.2, 0.25) is 0 Å². The highest BCUT2D eigenvalue weighted by atomic mass is 32.2. The molecule has 1 heterocycles. The lowest BCUT2D eigenvalue weighted by Gasteiger charge is -2.06. The lowest BCUT2D eigenvalue weighted by atomic mass is 9.98. The van der Waals surface area contributed by atoms with Gasteiger partial charge in [0.15, 0.2) is 0 Å². The monoisotopic (exact) mass is 207 g/mol. The third-order valence-electron chi connectivity index (χ3n) is 3.15.